The molecule has 6 heteroatoms. The molecule has 1 aliphatic rings. The number of likely N-dealkylation sites (tertiary alicyclic amines) is 1. The van der Waals surface area contributed by atoms with E-state index in [0.717, 1.165) is 26.1 Å². The molecule has 110 valence electrons. The van der Waals surface area contributed by atoms with E-state index < -0.39 is 0 Å². The molecule has 0 aromatic rings. The molecule has 1 aliphatic heterocycles. The highest BCUT2D eigenvalue weighted by Crippen LogP contribution is 2.10. The van der Waals surface area contributed by atoms with Crippen LogP contribution in [-0.4, -0.2) is 50.1 Å². The Labute approximate surface area is 123 Å². The Morgan fingerprint density at radius 3 is 2.67 bits per heavy atom. The fourth-order valence-corrected chi connectivity index (χ4v) is 2.20. The summed E-state index contributed by atoms with van der Waals surface area (Å²) in [7, 11) is 1.88. The van der Waals surface area contributed by atoms with Gasteiger partial charge in [-0.05, 0) is 33.0 Å². The van der Waals surface area contributed by atoms with E-state index in [1.54, 1.807) is 0 Å². The van der Waals surface area contributed by atoms with Crippen LogP contribution in [0.3, 0.4) is 0 Å². The second kappa shape index (κ2) is 10.9. The number of piperidine rings is 1. The van der Waals surface area contributed by atoms with Crippen molar-refractivity contribution in [3.05, 3.63) is 0 Å². The number of carbonyl (C=O) groups excluding carboxylic acids is 1. The lowest BCUT2D eigenvalue weighted by molar-refractivity contribution is -0.125. The minimum atomic E-state index is 0. The third kappa shape index (κ3) is 6.78. The van der Waals surface area contributed by atoms with Gasteiger partial charge in [-0.3, -0.25) is 4.79 Å². The molecule has 0 spiro atoms. The van der Waals surface area contributed by atoms with Crippen molar-refractivity contribution in [1.29, 1.82) is 0 Å². The number of nitrogens with one attached hydrogen (secondary N) is 2. The minimum absolute atomic E-state index is 0. The van der Waals surface area contributed by atoms with Gasteiger partial charge in [-0.1, -0.05) is 13.8 Å². The zero-order chi connectivity index (χ0) is 12.0. The maximum absolute atomic E-state index is 11.8. The van der Waals surface area contributed by atoms with Crippen LogP contribution in [0, 0.1) is 5.92 Å². The molecule has 1 saturated heterocycles. The van der Waals surface area contributed by atoms with Crippen LogP contribution in [0.1, 0.15) is 26.7 Å². The smallest absolute Gasteiger partial charge is 0.224 e. The molecular formula is C12H27Cl2N3O. The number of carbonyl (C=O) groups is 1. The van der Waals surface area contributed by atoms with Crippen molar-refractivity contribution in [2.24, 2.45) is 5.92 Å². The van der Waals surface area contributed by atoms with Gasteiger partial charge in [0.2, 0.25) is 5.91 Å². The summed E-state index contributed by atoms with van der Waals surface area (Å²) in [4.78, 5) is 14.2. The lowest BCUT2D eigenvalue weighted by atomic mass is 10.0. The van der Waals surface area contributed by atoms with Gasteiger partial charge in [-0.15, -0.1) is 24.8 Å². The van der Waals surface area contributed by atoms with Crippen LogP contribution in [0.5, 0.6) is 0 Å². The molecule has 2 atom stereocenters. The first-order valence-corrected chi connectivity index (χ1v) is 6.34. The number of hydrogen-bond donors (Lipinski definition) is 2. The van der Waals surface area contributed by atoms with Gasteiger partial charge in [0.25, 0.3) is 0 Å². The van der Waals surface area contributed by atoms with Gasteiger partial charge >= 0.3 is 0 Å². The van der Waals surface area contributed by atoms with Crippen LogP contribution >= 0.6 is 24.8 Å². The summed E-state index contributed by atoms with van der Waals surface area (Å²) < 4.78 is 0. The van der Waals surface area contributed by atoms with Crippen molar-refractivity contribution in [2.45, 2.75) is 32.7 Å². The Morgan fingerprint density at radius 1 is 1.44 bits per heavy atom. The number of hydrogen-bond acceptors (Lipinski definition) is 3. The van der Waals surface area contributed by atoms with Crippen molar-refractivity contribution in [2.75, 3.05) is 33.2 Å². The molecule has 1 amide bonds. The highest BCUT2D eigenvalue weighted by atomic mass is 35.5. The number of rotatable bonds is 5. The van der Waals surface area contributed by atoms with Crippen LogP contribution in [-0.2, 0) is 4.79 Å². The first kappa shape index (κ1) is 20.3. The normalized spacial score (nSPS) is 21.4. The van der Waals surface area contributed by atoms with E-state index in [1.807, 2.05) is 14.0 Å². The highest BCUT2D eigenvalue weighted by Gasteiger charge is 2.22. The maximum atomic E-state index is 11.8. The summed E-state index contributed by atoms with van der Waals surface area (Å²) in [5, 5.41) is 6.18. The number of halogens is 2. The van der Waals surface area contributed by atoms with E-state index in [0.29, 0.717) is 6.04 Å². The first-order valence-electron chi connectivity index (χ1n) is 6.34. The molecule has 1 rings (SSSR count). The van der Waals surface area contributed by atoms with Gasteiger partial charge in [0, 0.05) is 25.0 Å². The van der Waals surface area contributed by atoms with E-state index in [-0.39, 0.29) is 36.6 Å². The molecule has 0 aliphatic carbocycles. The van der Waals surface area contributed by atoms with E-state index in [1.165, 1.54) is 13.0 Å². The predicted molar refractivity (Wildman–Crippen MR) is 80.9 cm³/mol. The Hall–Kier alpha value is -0.0300. The standard InChI is InChI=1S/C12H25N3O.2ClH/c1-4-15-7-5-6-11(9-15)14-12(16)10(2)8-13-3;;/h10-11,13H,4-9H2,1-3H3,(H,14,16);2*1H. The van der Waals surface area contributed by atoms with Crippen molar-refractivity contribution < 1.29 is 4.79 Å². The predicted octanol–water partition coefficient (Wildman–Crippen LogP) is 1.29. The molecule has 4 nitrogen and oxygen atoms in total. The summed E-state index contributed by atoms with van der Waals surface area (Å²) in [6, 6.07) is 0.348. The minimum Gasteiger partial charge on any atom is -0.352 e. The van der Waals surface area contributed by atoms with Gasteiger partial charge in [0.15, 0.2) is 0 Å². The van der Waals surface area contributed by atoms with Crippen molar-refractivity contribution in [3.63, 3.8) is 0 Å². The van der Waals surface area contributed by atoms with Gasteiger partial charge < -0.3 is 15.5 Å². The number of amides is 1. The van der Waals surface area contributed by atoms with Gasteiger partial charge in [-0.2, -0.15) is 0 Å². The summed E-state index contributed by atoms with van der Waals surface area (Å²) >= 11 is 0. The van der Waals surface area contributed by atoms with Crippen LogP contribution < -0.4 is 10.6 Å². The summed E-state index contributed by atoms with van der Waals surface area (Å²) in [6.07, 6.45) is 2.31. The number of nitrogens with zero attached hydrogens (tertiary/aromatic N) is 1. The van der Waals surface area contributed by atoms with Gasteiger partial charge in [-0.25, -0.2) is 0 Å². The lowest BCUT2D eigenvalue weighted by Gasteiger charge is -2.32. The third-order valence-corrected chi connectivity index (χ3v) is 3.26. The fourth-order valence-electron chi connectivity index (χ4n) is 2.20. The van der Waals surface area contributed by atoms with E-state index in [2.05, 4.69) is 22.5 Å². The first-order chi connectivity index (χ1) is 7.67. The molecule has 1 fully saturated rings. The second-order valence-electron chi connectivity index (χ2n) is 4.70. The second-order valence-corrected chi connectivity index (χ2v) is 4.70. The van der Waals surface area contributed by atoms with Crippen molar-refractivity contribution in [3.8, 4) is 0 Å². The summed E-state index contributed by atoms with van der Waals surface area (Å²) in [5.74, 6) is 0.235. The summed E-state index contributed by atoms with van der Waals surface area (Å²) in [5.41, 5.74) is 0. The molecule has 2 unspecified atom stereocenters. The van der Waals surface area contributed by atoms with E-state index in [4.69, 9.17) is 0 Å². The molecule has 18 heavy (non-hydrogen) atoms. The molecule has 2 N–H and O–H groups in total. The van der Waals surface area contributed by atoms with Crippen LogP contribution in [0.15, 0.2) is 0 Å². The summed E-state index contributed by atoms with van der Waals surface area (Å²) in [6.45, 7) is 8.15. The third-order valence-electron chi connectivity index (χ3n) is 3.26. The van der Waals surface area contributed by atoms with Gasteiger partial charge in [0.05, 0.1) is 0 Å². The van der Waals surface area contributed by atoms with Crippen molar-refractivity contribution >= 4 is 30.7 Å². The quantitative estimate of drug-likeness (QED) is 0.804. The topological polar surface area (TPSA) is 44.4 Å². The lowest BCUT2D eigenvalue weighted by Crippen LogP contribution is -2.49. The fraction of sp³-hybridized carbons (Fsp3) is 0.917. The largest absolute Gasteiger partial charge is 0.352 e. The molecule has 0 radical (unpaired) electrons. The molecule has 1 heterocycles. The Morgan fingerprint density at radius 2 is 2.11 bits per heavy atom. The van der Waals surface area contributed by atoms with Crippen LogP contribution in [0.2, 0.25) is 0 Å². The Balaban J connectivity index is 0. The number of likely N-dealkylation sites (N-methyl/N-ethyl adjacent to an activating group) is 1. The zero-order valence-corrected chi connectivity index (χ0v) is 13.2. The SMILES string of the molecule is CCN1CCCC(NC(=O)C(C)CNC)C1.Cl.Cl. The molecule has 0 bridgehead atoms. The highest BCUT2D eigenvalue weighted by molar-refractivity contribution is 5.85. The van der Waals surface area contributed by atoms with Crippen LogP contribution in [0.4, 0.5) is 0 Å². The average molecular weight is 300 g/mol. The van der Waals surface area contributed by atoms with E-state index >= 15 is 0 Å². The average Bonchev–Trinajstić information content (AvgIpc) is 2.29. The monoisotopic (exact) mass is 299 g/mol. The molecule has 0 aromatic heterocycles. The van der Waals surface area contributed by atoms with Crippen molar-refractivity contribution in [1.82, 2.24) is 15.5 Å². The van der Waals surface area contributed by atoms with E-state index in [9.17, 15) is 4.79 Å². The maximum Gasteiger partial charge on any atom is 0.224 e. The van der Waals surface area contributed by atoms with Crippen LogP contribution in [0.25, 0.3) is 0 Å². The Kier molecular flexibility index (Phi) is 12.2. The van der Waals surface area contributed by atoms with Gasteiger partial charge in [0.1, 0.15) is 0 Å². The Bertz CT molecular complexity index is 229. The molecule has 0 saturated carbocycles. The molecular weight excluding hydrogens is 273 g/mol. The zero-order valence-electron chi connectivity index (χ0n) is 11.6. The molecule has 0 aromatic carbocycles.